The number of nitrogens with zero attached hydrogens (tertiary/aromatic N) is 1. The maximum Gasteiger partial charge on any atom is 0.339 e. The zero-order valence-electron chi connectivity index (χ0n) is 9.82. The number of carbonyl (C=O) groups excluding carboxylic acids is 2. The molecule has 0 amide bonds. The van der Waals surface area contributed by atoms with Gasteiger partial charge >= 0.3 is 5.97 Å². The summed E-state index contributed by atoms with van der Waals surface area (Å²) >= 11 is 0. The predicted octanol–water partition coefficient (Wildman–Crippen LogP) is 2.11. The van der Waals surface area contributed by atoms with Gasteiger partial charge in [0.15, 0.2) is 0 Å². The molecule has 4 heteroatoms. The molecule has 0 radical (unpaired) electrons. The van der Waals surface area contributed by atoms with Crippen molar-refractivity contribution in [1.29, 1.82) is 5.26 Å². The van der Waals surface area contributed by atoms with E-state index in [9.17, 15) is 9.59 Å². The van der Waals surface area contributed by atoms with Crippen LogP contribution < -0.4 is 0 Å². The first kappa shape index (κ1) is 12.9. The van der Waals surface area contributed by atoms with Gasteiger partial charge in [-0.3, -0.25) is 4.79 Å². The first-order valence-corrected chi connectivity index (χ1v) is 5.37. The summed E-state index contributed by atoms with van der Waals surface area (Å²) in [7, 11) is 0. The summed E-state index contributed by atoms with van der Waals surface area (Å²) < 4.78 is 4.87. The second-order valence-electron chi connectivity index (χ2n) is 3.36. The third-order valence-corrected chi connectivity index (χ3v) is 2.44. The van der Waals surface area contributed by atoms with Crippen molar-refractivity contribution in [1.82, 2.24) is 0 Å². The Morgan fingerprint density at radius 3 is 2.65 bits per heavy atom. The van der Waals surface area contributed by atoms with E-state index in [2.05, 4.69) is 0 Å². The molecule has 0 spiro atoms. The van der Waals surface area contributed by atoms with Crippen LogP contribution in [0.3, 0.4) is 0 Å². The number of aldehydes is 1. The Bertz CT molecular complexity index is 486. The molecule has 0 unspecified atom stereocenters. The molecule has 0 saturated heterocycles. The second-order valence-corrected chi connectivity index (χ2v) is 3.36. The van der Waals surface area contributed by atoms with Crippen molar-refractivity contribution in [2.24, 2.45) is 0 Å². The number of hydrogen-bond donors (Lipinski definition) is 0. The monoisotopic (exact) mass is 231 g/mol. The van der Waals surface area contributed by atoms with Crippen LogP contribution in [0.5, 0.6) is 0 Å². The van der Waals surface area contributed by atoms with Gasteiger partial charge in [0.05, 0.1) is 17.7 Å². The second kappa shape index (κ2) is 5.80. The Balaban J connectivity index is 3.39. The van der Waals surface area contributed by atoms with Crippen molar-refractivity contribution >= 4 is 12.3 Å². The highest BCUT2D eigenvalue weighted by atomic mass is 16.5. The van der Waals surface area contributed by atoms with Gasteiger partial charge in [0, 0.05) is 5.56 Å². The van der Waals surface area contributed by atoms with E-state index in [1.807, 2.05) is 13.0 Å². The molecule has 0 fully saturated rings. The zero-order chi connectivity index (χ0) is 12.8. The minimum absolute atomic E-state index is 0.219. The number of ether oxygens (including phenoxy) is 1. The smallest absolute Gasteiger partial charge is 0.339 e. The number of benzene rings is 1. The fourth-order valence-electron chi connectivity index (χ4n) is 1.66. The normalized spacial score (nSPS) is 9.47. The number of nitriles is 1. The summed E-state index contributed by atoms with van der Waals surface area (Å²) in [6.07, 6.45) is 1.21. The first-order valence-electron chi connectivity index (χ1n) is 5.37. The largest absolute Gasteiger partial charge is 0.462 e. The molecule has 0 aromatic heterocycles. The zero-order valence-corrected chi connectivity index (χ0v) is 9.82. The van der Waals surface area contributed by atoms with Crippen LogP contribution in [-0.4, -0.2) is 18.9 Å². The van der Waals surface area contributed by atoms with Gasteiger partial charge in [0.2, 0.25) is 0 Å². The van der Waals surface area contributed by atoms with Crippen LogP contribution in [0.1, 0.15) is 45.7 Å². The Morgan fingerprint density at radius 1 is 1.47 bits per heavy atom. The first-order chi connectivity index (χ1) is 8.19. The molecule has 1 aromatic carbocycles. The Hall–Kier alpha value is -2.15. The molecule has 0 bridgehead atoms. The molecule has 0 atom stereocenters. The van der Waals surface area contributed by atoms with E-state index in [4.69, 9.17) is 10.00 Å². The van der Waals surface area contributed by atoms with Crippen LogP contribution in [-0.2, 0) is 11.2 Å². The molecular formula is C13H13NO3. The number of esters is 1. The van der Waals surface area contributed by atoms with Crippen molar-refractivity contribution in [2.75, 3.05) is 6.61 Å². The highest BCUT2D eigenvalue weighted by Gasteiger charge is 2.17. The van der Waals surface area contributed by atoms with E-state index in [0.717, 1.165) is 0 Å². The van der Waals surface area contributed by atoms with Crippen LogP contribution >= 0.6 is 0 Å². The van der Waals surface area contributed by atoms with Crippen molar-refractivity contribution in [2.45, 2.75) is 20.3 Å². The molecule has 0 N–H and O–H groups in total. The summed E-state index contributed by atoms with van der Waals surface area (Å²) in [6, 6.07) is 4.97. The van der Waals surface area contributed by atoms with E-state index in [0.29, 0.717) is 23.8 Å². The fraction of sp³-hybridized carbons (Fsp3) is 0.308. The number of rotatable bonds is 4. The third kappa shape index (κ3) is 2.51. The lowest BCUT2D eigenvalue weighted by Gasteiger charge is -2.09. The SMILES string of the molecule is CCOC(=O)c1ccc(C=O)c(CC)c1C#N. The highest BCUT2D eigenvalue weighted by molar-refractivity contribution is 5.94. The summed E-state index contributed by atoms with van der Waals surface area (Å²) in [5.41, 5.74) is 1.48. The number of carbonyl (C=O) groups is 2. The lowest BCUT2D eigenvalue weighted by Crippen LogP contribution is -2.10. The maximum absolute atomic E-state index is 11.6. The lowest BCUT2D eigenvalue weighted by molar-refractivity contribution is 0.0525. The van der Waals surface area contributed by atoms with Gasteiger partial charge in [-0.15, -0.1) is 0 Å². The van der Waals surface area contributed by atoms with Gasteiger partial charge in [-0.25, -0.2) is 4.79 Å². The molecule has 0 aliphatic carbocycles. The quantitative estimate of drug-likeness (QED) is 0.588. The molecule has 88 valence electrons. The Morgan fingerprint density at radius 2 is 2.18 bits per heavy atom. The standard InChI is InChI=1S/C13H13NO3/c1-3-10-9(8-15)5-6-11(12(10)7-14)13(16)17-4-2/h5-6,8H,3-4H2,1-2H3. The van der Waals surface area contributed by atoms with Gasteiger partial charge < -0.3 is 4.74 Å². The van der Waals surface area contributed by atoms with Gasteiger partial charge in [-0.2, -0.15) is 5.26 Å². The van der Waals surface area contributed by atoms with Crippen molar-refractivity contribution < 1.29 is 14.3 Å². The van der Waals surface area contributed by atoms with Gasteiger partial charge in [-0.1, -0.05) is 13.0 Å². The highest BCUT2D eigenvalue weighted by Crippen LogP contribution is 2.19. The molecule has 4 nitrogen and oxygen atoms in total. The lowest BCUT2D eigenvalue weighted by atomic mass is 9.95. The third-order valence-electron chi connectivity index (χ3n) is 2.44. The molecule has 0 aliphatic heterocycles. The summed E-state index contributed by atoms with van der Waals surface area (Å²) in [4.78, 5) is 22.5. The van der Waals surface area contributed by atoms with E-state index in [1.54, 1.807) is 13.0 Å². The maximum atomic E-state index is 11.6. The molecule has 1 rings (SSSR count). The van der Waals surface area contributed by atoms with Gasteiger partial charge in [0.1, 0.15) is 12.4 Å². The molecule has 0 saturated carbocycles. The summed E-state index contributed by atoms with van der Waals surface area (Å²) in [5, 5.41) is 9.09. The predicted molar refractivity (Wildman–Crippen MR) is 61.9 cm³/mol. The molecular weight excluding hydrogens is 218 g/mol. The van der Waals surface area contributed by atoms with Crippen LogP contribution in [0.4, 0.5) is 0 Å². The van der Waals surface area contributed by atoms with E-state index < -0.39 is 5.97 Å². The minimum Gasteiger partial charge on any atom is -0.462 e. The molecule has 17 heavy (non-hydrogen) atoms. The Labute approximate surface area is 99.8 Å². The average Bonchev–Trinajstić information content (AvgIpc) is 2.36. The van der Waals surface area contributed by atoms with E-state index >= 15 is 0 Å². The van der Waals surface area contributed by atoms with E-state index in [1.165, 1.54) is 6.07 Å². The van der Waals surface area contributed by atoms with Crippen LogP contribution in [0.25, 0.3) is 0 Å². The summed E-state index contributed by atoms with van der Waals surface area (Å²) in [5.74, 6) is -0.531. The van der Waals surface area contributed by atoms with E-state index in [-0.39, 0.29) is 17.7 Å². The Kier molecular flexibility index (Phi) is 4.41. The number of hydrogen-bond acceptors (Lipinski definition) is 4. The van der Waals surface area contributed by atoms with Crippen LogP contribution in [0.2, 0.25) is 0 Å². The van der Waals surface area contributed by atoms with Gasteiger partial charge in [-0.05, 0) is 25.0 Å². The van der Waals surface area contributed by atoms with Crippen molar-refractivity contribution in [3.8, 4) is 6.07 Å². The molecule has 0 heterocycles. The summed E-state index contributed by atoms with van der Waals surface area (Å²) in [6.45, 7) is 3.78. The topological polar surface area (TPSA) is 67.2 Å². The van der Waals surface area contributed by atoms with Gasteiger partial charge in [0.25, 0.3) is 0 Å². The minimum atomic E-state index is -0.531. The van der Waals surface area contributed by atoms with Crippen molar-refractivity contribution in [3.05, 3.63) is 34.4 Å². The van der Waals surface area contributed by atoms with Crippen molar-refractivity contribution in [3.63, 3.8) is 0 Å². The van der Waals surface area contributed by atoms with Crippen LogP contribution in [0.15, 0.2) is 12.1 Å². The molecule has 0 aliphatic rings. The molecule has 1 aromatic rings. The fourth-order valence-corrected chi connectivity index (χ4v) is 1.66. The average molecular weight is 231 g/mol. The van der Waals surface area contributed by atoms with Crippen LogP contribution in [0, 0.1) is 11.3 Å².